The van der Waals surface area contributed by atoms with Gasteiger partial charge in [-0.1, -0.05) is 0 Å². The van der Waals surface area contributed by atoms with Gasteiger partial charge >= 0.3 is 77.2 Å². The molecule has 32 heavy (non-hydrogen) atoms. The van der Waals surface area contributed by atoms with E-state index >= 15 is 0 Å². The number of hydrogen-bond acceptors (Lipinski definition) is 3. The maximum atomic E-state index is 13.2. The van der Waals surface area contributed by atoms with Crippen LogP contribution in [0.3, 0.4) is 0 Å². The monoisotopic (exact) mass is 554 g/mol. The molecule has 0 amide bonds. The summed E-state index contributed by atoms with van der Waals surface area (Å²) in [6, 6.07) is 0. The summed E-state index contributed by atoms with van der Waals surface area (Å²) in [5, 5.41) is 0. The Morgan fingerprint density at radius 2 is 0.719 bits per heavy atom. The van der Waals surface area contributed by atoms with Crippen LogP contribution in [-0.4, -0.2) is 66.1 Å². The van der Waals surface area contributed by atoms with Crippen molar-refractivity contribution in [2.45, 2.75) is 53.1 Å². The Labute approximate surface area is 185 Å². The van der Waals surface area contributed by atoms with Gasteiger partial charge in [-0.25, -0.2) is 12.8 Å². The molecule has 0 radical (unpaired) electrons. The summed E-state index contributed by atoms with van der Waals surface area (Å²) in [6.07, 6.45) is -7.93. The largest absolute Gasteiger partial charge is 1.00 e. The van der Waals surface area contributed by atoms with Gasteiger partial charge in [0.25, 0.3) is 5.50 Å². The second-order valence-electron chi connectivity index (χ2n) is 5.38. The predicted octanol–water partition coefficient (Wildman–Crippen LogP) is 1.84. The molecule has 0 saturated carbocycles. The quantitative estimate of drug-likeness (QED) is 0.262. The van der Waals surface area contributed by atoms with Gasteiger partial charge in [0, 0.05) is 0 Å². The molecule has 0 aromatic rings. The van der Waals surface area contributed by atoms with E-state index in [0.717, 1.165) is 0 Å². The van der Waals surface area contributed by atoms with Gasteiger partial charge in [0.05, 0.1) is 0 Å². The van der Waals surface area contributed by atoms with Crippen molar-refractivity contribution >= 4 is 10.1 Å². The number of hydrogen-bond donors (Lipinski definition) is 0. The van der Waals surface area contributed by atoms with Crippen LogP contribution in [0.15, 0.2) is 0 Å². The maximum absolute atomic E-state index is 13.2. The van der Waals surface area contributed by atoms with E-state index < -0.39 is 63.3 Å². The fraction of sp³-hybridized carbons (Fsp3) is 1.00. The zero-order valence-corrected chi connectivity index (χ0v) is 16.8. The van der Waals surface area contributed by atoms with Crippen molar-refractivity contribution in [1.29, 1.82) is 0 Å². The molecule has 0 aromatic carbocycles. The second kappa shape index (κ2) is 8.40. The fourth-order valence-electron chi connectivity index (χ4n) is 1.50. The third-order valence-corrected chi connectivity index (χ3v) is 4.09. The van der Waals surface area contributed by atoms with Crippen molar-refractivity contribution in [3.8, 4) is 0 Å². The molecule has 0 aliphatic carbocycles. The summed E-state index contributed by atoms with van der Waals surface area (Å²) in [7, 11) is -7.49. The molecular weight excluding hydrogens is 553 g/mol. The van der Waals surface area contributed by atoms with E-state index in [2.05, 4.69) is 0 Å². The molecular formula is C9HF18NaO3S. The standard InChI is InChI=1S/C9H2F18O3S.Na/c10-1(31(28,29)30)2(11,12)3(13,14)4(15,16)5(17,18)6(19,20)7(21,22)8(23,24)9(25,26)27;/h1H,(H,28,29,30);/q;+1/p-1. The molecule has 1 atom stereocenters. The Bertz CT molecular complexity index is 786. The normalized spacial score (nSPS) is 17.1. The van der Waals surface area contributed by atoms with Crippen molar-refractivity contribution in [3.63, 3.8) is 0 Å². The molecule has 0 bridgehead atoms. The van der Waals surface area contributed by atoms with E-state index in [1.54, 1.807) is 0 Å². The number of halogens is 18. The molecule has 0 heterocycles. The van der Waals surface area contributed by atoms with Gasteiger partial charge < -0.3 is 4.55 Å². The Morgan fingerprint density at radius 1 is 0.500 bits per heavy atom. The molecule has 0 spiro atoms. The van der Waals surface area contributed by atoms with Gasteiger partial charge in [-0.15, -0.1) is 0 Å². The third kappa shape index (κ3) is 4.37. The van der Waals surface area contributed by atoms with Crippen LogP contribution in [-0.2, 0) is 10.1 Å². The van der Waals surface area contributed by atoms with Gasteiger partial charge in [0.1, 0.15) is 10.1 Å². The van der Waals surface area contributed by atoms with Crippen LogP contribution in [0.5, 0.6) is 0 Å². The maximum Gasteiger partial charge on any atom is 1.00 e. The number of rotatable bonds is 8. The van der Waals surface area contributed by atoms with Crippen LogP contribution < -0.4 is 29.6 Å². The van der Waals surface area contributed by atoms with Crippen molar-refractivity contribution < 1.29 is 122 Å². The first-order chi connectivity index (χ1) is 12.9. The van der Waals surface area contributed by atoms with Crippen molar-refractivity contribution in [2.75, 3.05) is 0 Å². The smallest absolute Gasteiger partial charge is 0.746 e. The summed E-state index contributed by atoms with van der Waals surface area (Å²) >= 11 is 0. The van der Waals surface area contributed by atoms with Gasteiger partial charge in [0.15, 0.2) is 0 Å². The van der Waals surface area contributed by atoms with Crippen molar-refractivity contribution in [1.82, 2.24) is 0 Å². The first-order valence-electron chi connectivity index (χ1n) is 6.21. The Kier molecular flexibility index (Phi) is 8.87. The van der Waals surface area contributed by atoms with Gasteiger partial charge in [-0.05, 0) is 0 Å². The van der Waals surface area contributed by atoms with Crippen LogP contribution in [0, 0.1) is 0 Å². The Balaban J connectivity index is 0. The average Bonchev–Trinajstić information content (AvgIpc) is 2.50. The first-order valence-corrected chi connectivity index (χ1v) is 7.68. The molecule has 0 fully saturated rings. The number of alkyl halides is 18. The van der Waals surface area contributed by atoms with Crippen molar-refractivity contribution in [2.24, 2.45) is 0 Å². The van der Waals surface area contributed by atoms with Gasteiger partial charge in [0.2, 0.25) is 0 Å². The summed E-state index contributed by atoms with van der Waals surface area (Å²) in [6.45, 7) is 0. The van der Waals surface area contributed by atoms with Crippen LogP contribution >= 0.6 is 0 Å². The molecule has 23 heteroatoms. The van der Waals surface area contributed by atoms with E-state index in [-0.39, 0.29) is 29.6 Å². The van der Waals surface area contributed by atoms with E-state index in [1.807, 2.05) is 0 Å². The molecule has 1 unspecified atom stereocenters. The van der Waals surface area contributed by atoms with E-state index in [0.29, 0.717) is 0 Å². The molecule has 0 rings (SSSR count). The average molecular weight is 554 g/mol. The van der Waals surface area contributed by atoms with E-state index in [4.69, 9.17) is 0 Å². The SMILES string of the molecule is O=S(=O)([O-])C(F)C(F)(F)C(F)(F)C(F)(F)C(F)(F)C(F)(F)C(F)(F)C(F)(F)C(F)(F)F.[Na+]. The second-order valence-corrected chi connectivity index (χ2v) is 6.78. The van der Waals surface area contributed by atoms with Crippen LogP contribution in [0.25, 0.3) is 0 Å². The molecule has 0 aliphatic heterocycles. The molecule has 0 aromatic heterocycles. The van der Waals surface area contributed by atoms with E-state index in [1.165, 1.54) is 0 Å². The van der Waals surface area contributed by atoms with Crippen LogP contribution in [0.4, 0.5) is 79.0 Å². The topological polar surface area (TPSA) is 57.2 Å². The molecule has 0 aliphatic rings. The fourth-order valence-corrected chi connectivity index (χ4v) is 2.01. The zero-order chi connectivity index (χ0) is 26.1. The summed E-state index contributed by atoms with van der Waals surface area (Å²) in [5.74, 6) is -60.4. The van der Waals surface area contributed by atoms with Crippen molar-refractivity contribution in [3.05, 3.63) is 0 Å². The Morgan fingerprint density at radius 3 is 0.938 bits per heavy atom. The Hall–Kier alpha value is -0.350. The minimum absolute atomic E-state index is 0. The van der Waals surface area contributed by atoms with Gasteiger partial charge in [-0.3, -0.25) is 0 Å². The minimum atomic E-state index is -8.99. The van der Waals surface area contributed by atoms with Crippen LogP contribution in [0.2, 0.25) is 0 Å². The third-order valence-electron chi connectivity index (χ3n) is 3.28. The molecule has 0 saturated heterocycles. The zero-order valence-electron chi connectivity index (χ0n) is 14.0. The summed E-state index contributed by atoms with van der Waals surface area (Å²) in [5.41, 5.74) is -6.14. The first kappa shape index (κ1) is 33.8. The summed E-state index contributed by atoms with van der Waals surface area (Å²) in [4.78, 5) is 0. The minimum Gasteiger partial charge on any atom is -0.746 e. The van der Waals surface area contributed by atoms with Crippen LogP contribution in [0.1, 0.15) is 0 Å². The van der Waals surface area contributed by atoms with E-state index in [9.17, 15) is 92.0 Å². The summed E-state index contributed by atoms with van der Waals surface area (Å²) < 4.78 is 259. The molecule has 188 valence electrons. The molecule has 0 N–H and O–H groups in total. The predicted molar refractivity (Wildman–Crippen MR) is 55.3 cm³/mol. The van der Waals surface area contributed by atoms with Gasteiger partial charge in [-0.2, -0.15) is 74.6 Å². The molecule has 3 nitrogen and oxygen atoms in total.